The monoisotopic (exact) mass is 427 g/mol. The molecule has 1 atom stereocenters. The van der Waals surface area contributed by atoms with Crippen LogP contribution in [0.1, 0.15) is 38.5 Å². The quantitative estimate of drug-likeness (QED) is 0.787. The number of carbonyl (C=O) groups excluding carboxylic acids is 1. The van der Waals surface area contributed by atoms with E-state index in [0.717, 1.165) is 25.9 Å². The maximum absolute atomic E-state index is 13.1. The highest BCUT2D eigenvalue weighted by atomic mass is 32.2. The van der Waals surface area contributed by atoms with Gasteiger partial charge in [0.25, 0.3) is 0 Å². The second-order valence-electron chi connectivity index (χ2n) is 8.02. The van der Waals surface area contributed by atoms with Crippen LogP contribution in [-0.2, 0) is 14.8 Å². The largest absolute Gasteiger partial charge is 0.372 e. The summed E-state index contributed by atoms with van der Waals surface area (Å²) >= 11 is 0. The number of rotatable bonds is 5. The van der Waals surface area contributed by atoms with E-state index in [1.54, 1.807) is 30.3 Å². The summed E-state index contributed by atoms with van der Waals surface area (Å²) < 4.78 is 27.6. The van der Waals surface area contributed by atoms with Crippen molar-refractivity contribution in [2.75, 3.05) is 29.9 Å². The molecule has 1 N–H and O–H groups in total. The lowest BCUT2D eigenvalue weighted by Gasteiger charge is -2.33. The zero-order valence-electron chi connectivity index (χ0n) is 17.2. The number of carbonyl (C=O) groups is 1. The lowest BCUT2D eigenvalue weighted by atomic mass is 10.0. The summed E-state index contributed by atoms with van der Waals surface area (Å²) in [5, 5.41) is 2.93. The van der Waals surface area contributed by atoms with Crippen LogP contribution in [0.5, 0.6) is 0 Å². The summed E-state index contributed by atoms with van der Waals surface area (Å²) in [5.74, 6) is -0.264. The van der Waals surface area contributed by atoms with E-state index in [1.165, 1.54) is 29.3 Å². The van der Waals surface area contributed by atoms with Gasteiger partial charge in [-0.15, -0.1) is 0 Å². The molecule has 6 nitrogen and oxygen atoms in total. The van der Waals surface area contributed by atoms with Crippen LogP contribution in [0.3, 0.4) is 0 Å². The zero-order valence-corrected chi connectivity index (χ0v) is 18.0. The lowest BCUT2D eigenvalue weighted by Crippen LogP contribution is -2.49. The molecule has 2 aromatic carbocycles. The molecule has 30 heavy (non-hydrogen) atoms. The molecule has 2 heterocycles. The van der Waals surface area contributed by atoms with Crippen LogP contribution in [-0.4, -0.2) is 44.3 Å². The fraction of sp³-hybridized carbons (Fsp3) is 0.435. The molecule has 0 aliphatic carbocycles. The van der Waals surface area contributed by atoms with E-state index in [9.17, 15) is 13.2 Å². The van der Waals surface area contributed by atoms with Gasteiger partial charge in [-0.2, -0.15) is 4.31 Å². The van der Waals surface area contributed by atoms with Gasteiger partial charge in [-0.25, -0.2) is 8.42 Å². The predicted octanol–water partition coefficient (Wildman–Crippen LogP) is 3.86. The number of amides is 1. The molecule has 4 rings (SSSR count). The van der Waals surface area contributed by atoms with E-state index in [-0.39, 0.29) is 10.8 Å². The van der Waals surface area contributed by atoms with Crippen molar-refractivity contribution >= 4 is 27.3 Å². The highest BCUT2D eigenvalue weighted by Crippen LogP contribution is 2.27. The number of nitrogens with zero attached hydrogens (tertiary/aromatic N) is 2. The summed E-state index contributed by atoms with van der Waals surface area (Å²) in [6.07, 6.45) is 5.85. The van der Waals surface area contributed by atoms with Gasteiger partial charge in [0, 0.05) is 31.0 Å². The van der Waals surface area contributed by atoms with Gasteiger partial charge in [0.1, 0.15) is 6.04 Å². The van der Waals surface area contributed by atoms with Crippen molar-refractivity contribution in [1.82, 2.24) is 4.31 Å². The average Bonchev–Trinajstić information content (AvgIpc) is 2.81. The van der Waals surface area contributed by atoms with Gasteiger partial charge in [0.15, 0.2) is 0 Å². The fourth-order valence-corrected chi connectivity index (χ4v) is 5.99. The molecular formula is C23H29N3O3S. The van der Waals surface area contributed by atoms with Crippen molar-refractivity contribution in [1.29, 1.82) is 0 Å². The Bertz CT molecular complexity index is 955. The van der Waals surface area contributed by atoms with Gasteiger partial charge < -0.3 is 10.2 Å². The van der Waals surface area contributed by atoms with Crippen molar-refractivity contribution in [3.05, 3.63) is 54.6 Å². The Kier molecular flexibility index (Phi) is 6.39. The standard InChI is InChI=1S/C23H29N3O3S/c27-23(24-19-12-14-20(15-13-19)25-16-6-2-7-17-25)22-11-5-8-18-26(22)30(28,29)21-9-3-1-4-10-21/h1,3-4,9-10,12-15,22H,2,5-8,11,16-18H2,(H,24,27)/t22-/m0/s1. The Morgan fingerprint density at radius 2 is 1.50 bits per heavy atom. The van der Waals surface area contributed by atoms with E-state index in [1.807, 2.05) is 24.3 Å². The molecule has 0 unspecified atom stereocenters. The highest BCUT2D eigenvalue weighted by molar-refractivity contribution is 7.89. The Balaban J connectivity index is 1.47. The van der Waals surface area contributed by atoms with Crippen molar-refractivity contribution in [3.63, 3.8) is 0 Å². The van der Waals surface area contributed by atoms with E-state index >= 15 is 0 Å². The van der Waals surface area contributed by atoms with Crippen LogP contribution in [0.2, 0.25) is 0 Å². The maximum atomic E-state index is 13.1. The summed E-state index contributed by atoms with van der Waals surface area (Å²) in [6, 6.07) is 15.5. The molecule has 160 valence electrons. The smallest absolute Gasteiger partial charge is 0.243 e. The molecule has 2 saturated heterocycles. The van der Waals surface area contributed by atoms with E-state index in [4.69, 9.17) is 0 Å². The van der Waals surface area contributed by atoms with Crippen molar-refractivity contribution in [3.8, 4) is 0 Å². The highest BCUT2D eigenvalue weighted by Gasteiger charge is 2.37. The maximum Gasteiger partial charge on any atom is 0.243 e. The van der Waals surface area contributed by atoms with E-state index < -0.39 is 16.1 Å². The number of nitrogens with one attached hydrogen (secondary N) is 1. The van der Waals surface area contributed by atoms with Crippen LogP contribution < -0.4 is 10.2 Å². The van der Waals surface area contributed by atoms with E-state index in [0.29, 0.717) is 18.7 Å². The van der Waals surface area contributed by atoms with Gasteiger partial charge in [-0.3, -0.25) is 4.79 Å². The van der Waals surface area contributed by atoms with Crippen LogP contribution in [0.4, 0.5) is 11.4 Å². The second kappa shape index (κ2) is 9.18. The SMILES string of the molecule is O=C(Nc1ccc(N2CCCCC2)cc1)[C@@H]1CCCCN1S(=O)(=O)c1ccccc1. The number of anilines is 2. The molecule has 0 saturated carbocycles. The first kappa shape index (κ1) is 20.9. The molecule has 7 heteroatoms. The molecule has 2 aromatic rings. The predicted molar refractivity (Wildman–Crippen MR) is 119 cm³/mol. The number of benzene rings is 2. The Hall–Kier alpha value is -2.38. The molecule has 0 spiro atoms. The molecule has 0 aromatic heterocycles. The van der Waals surface area contributed by atoms with Crippen molar-refractivity contribution < 1.29 is 13.2 Å². The number of hydrogen-bond acceptors (Lipinski definition) is 4. The molecule has 2 aliphatic heterocycles. The molecule has 0 bridgehead atoms. The zero-order chi connectivity index (χ0) is 21.0. The summed E-state index contributed by atoms with van der Waals surface area (Å²) in [7, 11) is -3.70. The summed E-state index contributed by atoms with van der Waals surface area (Å²) in [6.45, 7) is 2.50. The third kappa shape index (κ3) is 4.52. The van der Waals surface area contributed by atoms with Crippen LogP contribution in [0.15, 0.2) is 59.5 Å². The summed E-state index contributed by atoms with van der Waals surface area (Å²) in [4.78, 5) is 15.6. The molecule has 2 fully saturated rings. The number of hydrogen-bond donors (Lipinski definition) is 1. The second-order valence-corrected chi connectivity index (χ2v) is 9.91. The Morgan fingerprint density at radius 3 is 2.20 bits per heavy atom. The van der Waals surface area contributed by atoms with Crippen molar-refractivity contribution in [2.45, 2.75) is 49.5 Å². The van der Waals surface area contributed by atoms with Gasteiger partial charge in [-0.1, -0.05) is 24.6 Å². The Labute approximate surface area is 178 Å². The topological polar surface area (TPSA) is 69.7 Å². The third-order valence-electron chi connectivity index (χ3n) is 5.96. The van der Waals surface area contributed by atoms with E-state index in [2.05, 4.69) is 10.2 Å². The molecular weight excluding hydrogens is 398 g/mol. The van der Waals surface area contributed by atoms with Gasteiger partial charge >= 0.3 is 0 Å². The normalized spacial score (nSPS) is 20.7. The minimum atomic E-state index is -3.70. The van der Waals surface area contributed by atoms with Gasteiger partial charge in [0.05, 0.1) is 4.90 Å². The third-order valence-corrected chi connectivity index (χ3v) is 7.88. The van der Waals surface area contributed by atoms with Crippen LogP contribution in [0, 0.1) is 0 Å². The fourth-order valence-electron chi connectivity index (χ4n) is 4.32. The van der Waals surface area contributed by atoms with Gasteiger partial charge in [-0.05, 0) is 68.5 Å². The Morgan fingerprint density at radius 1 is 0.833 bits per heavy atom. The first-order chi connectivity index (χ1) is 14.6. The lowest BCUT2D eigenvalue weighted by molar-refractivity contribution is -0.120. The number of sulfonamides is 1. The first-order valence-corrected chi connectivity index (χ1v) is 12.2. The van der Waals surface area contributed by atoms with Crippen LogP contribution in [0.25, 0.3) is 0 Å². The number of piperidine rings is 2. The first-order valence-electron chi connectivity index (χ1n) is 10.8. The minimum Gasteiger partial charge on any atom is -0.372 e. The summed E-state index contributed by atoms with van der Waals surface area (Å²) in [5.41, 5.74) is 1.86. The van der Waals surface area contributed by atoms with Crippen LogP contribution >= 0.6 is 0 Å². The molecule has 2 aliphatic rings. The van der Waals surface area contributed by atoms with Crippen molar-refractivity contribution in [2.24, 2.45) is 0 Å². The molecule has 0 radical (unpaired) electrons. The van der Waals surface area contributed by atoms with Gasteiger partial charge in [0.2, 0.25) is 15.9 Å². The molecule has 1 amide bonds. The minimum absolute atomic E-state index is 0.232. The average molecular weight is 428 g/mol.